The summed E-state index contributed by atoms with van der Waals surface area (Å²) in [4.78, 5) is 0. The fourth-order valence-corrected chi connectivity index (χ4v) is 5.72. The van der Waals surface area contributed by atoms with Gasteiger partial charge in [-0.05, 0) is 36.1 Å². The monoisotopic (exact) mass is 318 g/mol. The molecule has 0 saturated carbocycles. The molecule has 1 saturated heterocycles. The van der Waals surface area contributed by atoms with Crippen molar-refractivity contribution in [3.05, 3.63) is 58.7 Å². The summed E-state index contributed by atoms with van der Waals surface area (Å²) < 4.78 is 6.32. The SMILES string of the molecule is CC1(C)OC12[C@@H]1C3=C([C@@H]2c2ccccc21)[C@@H](Cl)C=C[C@H]3Cl. The molecule has 0 radical (unpaired) electrons. The molecule has 108 valence electrons. The Hall–Kier alpha value is -0.760. The van der Waals surface area contributed by atoms with Crippen molar-refractivity contribution < 1.29 is 4.74 Å². The Labute approximate surface area is 134 Å². The molecule has 5 atom stereocenters. The fraction of sp³-hybridized carbons (Fsp3) is 0.444. The highest BCUT2D eigenvalue weighted by Crippen LogP contribution is 2.77. The third kappa shape index (κ3) is 1.23. The van der Waals surface area contributed by atoms with Crippen LogP contribution in [0, 0.1) is 0 Å². The van der Waals surface area contributed by atoms with Gasteiger partial charge < -0.3 is 4.74 Å². The molecule has 1 heterocycles. The summed E-state index contributed by atoms with van der Waals surface area (Å²) in [6, 6.07) is 8.69. The summed E-state index contributed by atoms with van der Waals surface area (Å²) in [6.45, 7) is 4.38. The topological polar surface area (TPSA) is 12.5 Å². The molecule has 21 heavy (non-hydrogen) atoms. The fourth-order valence-electron chi connectivity index (χ4n) is 5.04. The minimum Gasteiger partial charge on any atom is -0.361 e. The van der Waals surface area contributed by atoms with Gasteiger partial charge >= 0.3 is 0 Å². The lowest BCUT2D eigenvalue weighted by atomic mass is 9.81. The van der Waals surface area contributed by atoms with Crippen LogP contribution in [0.3, 0.4) is 0 Å². The van der Waals surface area contributed by atoms with Crippen LogP contribution in [-0.2, 0) is 4.74 Å². The van der Waals surface area contributed by atoms with Crippen LogP contribution in [0.1, 0.15) is 36.8 Å². The van der Waals surface area contributed by atoms with Gasteiger partial charge in [0.15, 0.2) is 0 Å². The van der Waals surface area contributed by atoms with Gasteiger partial charge in [-0.1, -0.05) is 36.4 Å². The Morgan fingerprint density at radius 3 is 1.71 bits per heavy atom. The highest BCUT2D eigenvalue weighted by Gasteiger charge is 2.79. The summed E-state index contributed by atoms with van der Waals surface area (Å²) in [5.74, 6) is 0.523. The Morgan fingerprint density at radius 2 is 1.33 bits per heavy atom. The smallest absolute Gasteiger partial charge is 0.119 e. The summed E-state index contributed by atoms with van der Waals surface area (Å²) >= 11 is 13.3. The largest absolute Gasteiger partial charge is 0.361 e. The molecule has 1 nitrogen and oxygen atoms in total. The maximum atomic E-state index is 6.63. The number of ether oxygens (including phenoxy) is 1. The highest BCUT2D eigenvalue weighted by atomic mass is 35.5. The summed E-state index contributed by atoms with van der Waals surface area (Å²) in [6.07, 6.45) is 4.06. The predicted molar refractivity (Wildman–Crippen MR) is 85.3 cm³/mol. The van der Waals surface area contributed by atoms with Gasteiger partial charge in [-0.3, -0.25) is 0 Å². The van der Waals surface area contributed by atoms with E-state index in [2.05, 4.69) is 38.1 Å². The average Bonchev–Trinajstić information content (AvgIpc) is 2.78. The van der Waals surface area contributed by atoms with Crippen molar-refractivity contribution in [3.63, 3.8) is 0 Å². The number of benzene rings is 1. The number of halogens is 2. The van der Waals surface area contributed by atoms with E-state index in [1.54, 1.807) is 0 Å². The van der Waals surface area contributed by atoms with E-state index in [1.165, 1.54) is 22.3 Å². The second-order valence-electron chi connectivity index (χ2n) is 7.00. The summed E-state index contributed by atoms with van der Waals surface area (Å²) in [7, 11) is 0. The number of alkyl halides is 2. The van der Waals surface area contributed by atoms with Crippen LogP contribution < -0.4 is 0 Å². The number of epoxide rings is 1. The van der Waals surface area contributed by atoms with Gasteiger partial charge in [-0.2, -0.15) is 0 Å². The first-order valence-corrected chi connectivity index (χ1v) is 8.35. The maximum Gasteiger partial charge on any atom is 0.119 e. The zero-order valence-electron chi connectivity index (χ0n) is 11.9. The van der Waals surface area contributed by atoms with Crippen LogP contribution >= 0.6 is 23.2 Å². The Balaban J connectivity index is 1.80. The van der Waals surface area contributed by atoms with Crippen molar-refractivity contribution in [3.8, 4) is 0 Å². The number of hydrogen-bond donors (Lipinski definition) is 0. The van der Waals surface area contributed by atoms with E-state index < -0.39 is 0 Å². The molecule has 4 aliphatic rings. The van der Waals surface area contributed by atoms with Crippen molar-refractivity contribution in [2.75, 3.05) is 0 Å². The number of rotatable bonds is 0. The third-order valence-electron chi connectivity index (χ3n) is 5.80. The van der Waals surface area contributed by atoms with Crippen LogP contribution in [0.5, 0.6) is 0 Å². The van der Waals surface area contributed by atoms with Crippen LogP contribution in [0.2, 0.25) is 0 Å². The molecular formula is C18H16Cl2O. The van der Waals surface area contributed by atoms with E-state index in [0.717, 1.165) is 0 Å². The van der Waals surface area contributed by atoms with Gasteiger partial charge in [0.1, 0.15) is 5.60 Å². The van der Waals surface area contributed by atoms with Crippen LogP contribution in [-0.4, -0.2) is 22.0 Å². The molecule has 1 fully saturated rings. The molecule has 1 unspecified atom stereocenters. The van der Waals surface area contributed by atoms with Gasteiger partial charge in [0, 0.05) is 11.8 Å². The minimum atomic E-state index is -0.159. The zero-order chi connectivity index (χ0) is 14.6. The molecule has 0 N–H and O–H groups in total. The Morgan fingerprint density at radius 1 is 0.905 bits per heavy atom. The molecule has 2 bridgehead atoms. The standard InChI is InChI=1S/C18H16Cl2O/c1-17(2)18(21-17)15-9-5-3-4-6-10(9)16(18)14-12(20)8-7-11(19)13(14)15/h3-8,11-12,15-16H,1-2H3/t11-,12+,15-,16-,18?/m0/s1. The molecule has 5 rings (SSSR count). The first-order valence-electron chi connectivity index (χ1n) is 7.48. The van der Waals surface area contributed by atoms with E-state index in [4.69, 9.17) is 27.9 Å². The lowest BCUT2D eigenvalue weighted by molar-refractivity contribution is 0.262. The van der Waals surface area contributed by atoms with E-state index in [0.29, 0.717) is 0 Å². The Kier molecular flexibility index (Phi) is 2.18. The van der Waals surface area contributed by atoms with Gasteiger partial charge in [-0.15, -0.1) is 23.2 Å². The number of fused-ring (bicyclic) bond motifs is 5. The van der Waals surface area contributed by atoms with Crippen molar-refractivity contribution in [1.82, 2.24) is 0 Å². The quantitative estimate of drug-likeness (QED) is 0.389. The molecule has 1 aliphatic heterocycles. The van der Waals surface area contributed by atoms with E-state index in [9.17, 15) is 0 Å². The van der Waals surface area contributed by atoms with Crippen LogP contribution in [0.4, 0.5) is 0 Å². The minimum absolute atomic E-state index is 0.0600. The number of allylic oxidation sites excluding steroid dienone is 2. The molecule has 3 heteroatoms. The van der Waals surface area contributed by atoms with Gasteiger partial charge in [0.2, 0.25) is 0 Å². The molecule has 1 spiro atoms. The van der Waals surface area contributed by atoms with Gasteiger partial charge in [0.05, 0.1) is 16.4 Å². The lowest BCUT2D eigenvalue weighted by Crippen LogP contribution is -2.27. The van der Waals surface area contributed by atoms with Gasteiger partial charge in [0.25, 0.3) is 0 Å². The average molecular weight is 319 g/mol. The van der Waals surface area contributed by atoms with Crippen molar-refractivity contribution >= 4 is 23.2 Å². The van der Waals surface area contributed by atoms with Crippen LogP contribution in [0.15, 0.2) is 47.6 Å². The molecular weight excluding hydrogens is 303 g/mol. The predicted octanol–water partition coefficient (Wildman–Crippen LogP) is 4.51. The lowest BCUT2D eigenvalue weighted by Gasteiger charge is -2.28. The van der Waals surface area contributed by atoms with E-state index in [-0.39, 0.29) is 33.8 Å². The first-order chi connectivity index (χ1) is 9.99. The van der Waals surface area contributed by atoms with Crippen molar-refractivity contribution in [2.45, 2.75) is 47.6 Å². The molecule has 0 aromatic heterocycles. The van der Waals surface area contributed by atoms with Crippen molar-refractivity contribution in [2.24, 2.45) is 0 Å². The zero-order valence-corrected chi connectivity index (χ0v) is 13.4. The maximum absolute atomic E-state index is 6.63. The summed E-state index contributed by atoms with van der Waals surface area (Å²) in [5, 5.41) is -0.120. The van der Waals surface area contributed by atoms with E-state index >= 15 is 0 Å². The van der Waals surface area contributed by atoms with Crippen molar-refractivity contribution in [1.29, 1.82) is 0 Å². The van der Waals surface area contributed by atoms with Crippen LogP contribution in [0.25, 0.3) is 0 Å². The first kappa shape index (κ1) is 12.8. The van der Waals surface area contributed by atoms with E-state index in [1.807, 2.05) is 12.2 Å². The highest BCUT2D eigenvalue weighted by molar-refractivity contribution is 6.27. The second-order valence-corrected chi connectivity index (χ2v) is 7.94. The molecule has 0 amide bonds. The normalized spacial score (nSPS) is 44.2. The number of hydrogen-bond acceptors (Lipinski definition) is 1. The third-order valence-corrected chi connectivity index (χ3v) is 6.56. The second kappa shape index (κ2) is 3.59. The Bertz CT molecular complexity index is 681. The summed E-state index contributed by atoms with van der Waals surface area (Å²) in [5.41, 5.74) is 5.09. The molecule has 1 aromatic carbocycles. The molecule has 1 aromatic rings. The molecule has 3 aliphatic carbocycles. The van der Waals surface area contributed by atoms with Gasteiger partial charge in [-0.25, -0.2) is 0 Å².